The summed E-state index contributed by atoms with van der Waals surface area (Å²) in [5.41, 5.74) is 4.92. The van der Waals surface area contributed by atoms with Crippen molar-refractivity contribution < 1.29 is 19.4 Å². The number of carbonyl (C=O) groups excluding carboxylic acids is 1. The van der Waals surface area contributed by atoms with Crippen LogP contribution in [0, 0.1) is 0 Å². The summed E-state index contributed by atoms with van der Waals surface area (Å²) in [6, 6.07) is -0.969. The number of hydrogen-bond acceptors (Lipinski definition) is 4. The number of carboxylic acids is 1. The third-order valence-electron chi connectivity index (χ3n) is 2.84. The SMILES string of the molecule is C=CCC(NC(=O)C1(N)CCOCC1)C(=O)O.Cl. The van der Waals surface area contributed by atoms with Gasteiger partial charge in [0.15, 0.2) is 0 Å². The first-order chi connectivity index (χ1) is 7.99. The summed E-state index contributed by atoms with van der Waals surface area (Å²) in [5.74, 6) is -1.52. The highest BCUT2D eigenvalue weighted by atomic mass is 35.5. The molecule has 7 heteroatoms. The normalized spacial score (nSPS) is 19.2. The van der Waals surface area contributed by atoms with E-state index >= 15 is 0 Å². The summed E-state index contributed by atoms with van der Waals surface area (Å²) < 4.78 is 5.12. The largest absolute Gasteiger partial charge is 0.480 e. The zero-order valence-electron chi connectivity index (χ0n) is 10.1. The zero-order valence-corrected chi connectivity index (χ0v) is 10.9. The maximum Gasteiger partial charge on any atom is 0.326 e. The van der Waals surface area contributed by atoms with Crippen molar-refractivity contribution in [3.8, 4) is 0 Å². The molecular weight excluding hydrogens is 260 g/mol. The number of halogens is 1. The van der Waals surface area contributed by atoms with Gasteiger partial charge >= 0.3 is 5.97 Å². The van der Waals surface area contributed by atoms with E-state index in [0.29, 0.717) is 26.1 Å². The second-order valence-corrected chi connectivity index (χ2v) is 4.16. The van der Waals surface area contributed by atoms with Gasteiger partial charge in [0.1, 0.15) is 6.04 Å². The van der Waals surface area contributed by atoms with Crippen LogP contribution in [0.3, 0.4) is 0 Å². The van der Waals surface area contributed by atoms with Crippen LogP contribution in [0.25, 0.3) is 0 Å². The molecular formula is C11H19ClN2O4. The lowest BCUT2D eigenvalue weighted by molar-refractivity contribution is -0.143. The molecule has 0 aromatic heterocycles. The van der Waals surface area contributed by atoms with Gasteiger partial charge in [0.05, 0.1) is 5.54 Å². The average Bonchev–Trinajstić information content (AvgIpc) is 2.29. The van der Waals surface area contributed by atoms with Crippen LogP contribution >= 0.6 is 12.4 Å². The fourth-order valence-electron chi connectivity index (χ4n) is 1.65. The van der Waals surface area contributed by atoms with Crippen LogP contribution in [-0.2, 0) is 14.3 Å². The number of amides is 1. The van der Waals surface area contributed by atoms with Gasteiger partial charge in [-0.05, 0) is 19.3 Å². The highest BCUT2D eigenvalue weighted by Crippen LogP contribution is 2.18. The van der Waals surface area contributed by atoms with Gasteiger partial charge in [-0.3, -0.25) is 4.79 Å². The number of carbonyl (C=O) groups is 2. The van der Waals surface area contributed by atoms with Gasteiger partial charge in [0.2, 0.25) is 5.91 Å². The van der Waals surface area contributed by atoms with Gasteiger partial charge in [0, 0.05) is 13.2 Å². The Balaban J connectivity index is 0.00000289. The number of ether oxygens (including phenoxy) is 1. The first-order valence-corrected chi connectivity index (χ1v) is 5.51. The van der Waals surface area contributed by atoms with Gasteiger partial charge in [-0.15, -0.1) is 19.0 Å². The summed E-state index contributed by atoms with van der Waals surface area (Å²) in [5, 5.41) is 11.3. The van der Waals surface area contributed by atoms with Crippen LogP contribution < -0.4 is 11.1 Å². The van der Waals surface area contributed by atoms with E-state index in [0.717, 1.165) is 0 Å². The second kappa shape index (κ2) is 7.35. The molecule has 0 saturated carbocycles. The van der Waals surface area contributed by atoms with Crippen LogP contribution in [0.4, 0.5) is 0 Å². The molecule has 1 rings (SSSR count). The van der Waals surface area contributed by atoms with Crippen molar-refractivity contribution in [3.63, 3.8) is 0 Å². The van der Waals surface area contributed by atoms with Crippen molar-refractivity contribution >= 4 is 24.3 Å². The molecule has 1 amide bonds. The van der Waals surface area contributed by atoms with Crippen LogP contribution in [0.15, 0.2) is 12.7 Å². The van der Waals surface area contributed by atoms with Gasteiger partial charge < -0.3 is 20.9 Å². The van der Waals surface area contributed by atoms with Gasteiger partial charge in [-0.2, -0.15) is 0 Å². The molecule has 0 bridgehead atoms. The molecule has 1 unspecified atom stereocenters. The Bertz CT molecular complexity index is 316. The number of nitrogens with one attached hydrogen (secondary N) is 1. The molecule has 0 aromatic carbocycles. The summed E-state index contributed by atoms with van der Waals surface area (Å²) in [4.78, 5) is 22.8. The number of nitrogens with two attached hydrogens (primary N) is 1. The predicted molar refractivity (Wildman–Crippen MR) is 68.6 cm³/mol. The Morgan fingerprint density at radius 2 is 2.06 bits per heavy atom. The van der Waals surface area contributed by atoms with Crippen molar-refractivity contribution in [2.24, 2.45) is 5.73 Å². The van der Waals surface area contributed by atoms with E-state index < -0.39 is 23.5 Å². The van der Waals surface area contributed by atoms with Gasteiger partial charge in [-0.1, -0.05) is 6.08 Å². The van der Waals surface area contributed by atoms with E-state index in [1.54, 1.807) is 0 Å². The predicted octanol–water partition coefficient (Wildman–Crippen LogP) is 0.0616. The van der Waals surface area contributed by atoms with Crippen molar-refractivity contribution in [2.75, 3.05) is 13.2 Å². The number of carboxylic acid groups (broad SMARTS) is 1. The molecule has 1 aliphatic rings. The van der Waals surface area contributed by atoms with Gasteiger partial charge in [0.25, 0.3) is 0 Å². The lowest BCUT2D eigenvalue weighted by atomic mass is 9.90. The number of hydrogen-bond donors (Lipinski definition) is 3. The van der Waals surface area contributed by atoms with Crippen molar-refractivity contribution in [1.82, 2.24) is 5.32 Å². The van der Waals surface area contributed by atoms with Crippen LogP contribution in [0.1, 0.15) is 19.3 Å². The summed E-state index contributed by atoms with van der Waals surface area (Å²) in [7, 11) is 0. The Labute approximate surface area is 112 Å². The molecule has 0 radical (unpaired) electrons. The molecule has 1 heterocycles. The topological polar surface area (TPSA) is 102 Å². The molecule has 0 spiro atoms. The third-order valence-corrected chi connectivity index (χ3v) is 2.84. The van der Waals surface area contributed by atoms with E-state index in [1.165, 1.54) is 6.08 Å². The molecule has 1 atom stereocenters. The molecule has 4 N–H and O–H groups in total. The highest BCUT2D eigenvalue weighted by molar-refractivity contribution is 5.90. The fraction of sp³-hybridized carbons (Fsp3) is 0.636. The molecule has 1 fully saturated rings. The van der Waals surface area contributed by atoms with Crippen LogP contribution in [0.5, 0.6) is 0 Å². The lowest BCUT2D eigenvalue weighted by Crippen LogP contribution is -2.59. The van der Waals surface area contributed by atoms with E-state index in [-0.39, 0.29) is 18.8 Å². The highest BCUT2D eigenvalue weighted by Gasteiger charge is 2.37. The Morgan fingerprint density at radius 3 is 2.50 bits per heavy atom. The van der Waals surface area contributed by atoms with Crippen molar-refractivity contribution in [3.05, 3.63) is 12.7 Å². The zero-order chi connectivity index (χ0) is 12.9. The molecule has 0 aromatic rings. The van der Waals surface area contributed by atoms with E-state index in [4.69, 9.17) is 15.6 Å². The van der Waals surface area contributed by atoms with Crippen LogP contribution in [-0.4, -0.2) is 41.8 Å². The molecule has 6 nitrogen and oxygen atoms in total. The van der Waals surface area contributed by atoms with E-state index in [2.05, 4.69) is 11.9 Å². The summed E-state index contributed by atoms with van der Waals surface area (Å²) in [6.07, 6.45) is 2.43. The van der Waals surface area contributed by atoms with E-state index in [9.17, 15) is 9.59 Å². The molecule has 1 saturated heterocycles. The van der Waals surface area contributed by atoms with Gasteiger partial charge in [-0.25, -0.2) is 4.79 Å². The third kappa shape index (κ3) is 4.29. The molecule has 104 valence electrons. The quantitative estimate of drug-likeness (QED) is 0.617. The molecule has 1 aliphatic heterocycles. The van der Waals surface area contributed by atoms with Crippen LogP contribution in [0.2, 0.25) is 0 Å². The second-order valence-electron chi connectivity index (χ2n) is 4.16. The smallest absolute Gasteiger partial charge is 0.326 e. The average molecular weight is 279 g/mol. The van der Waals surface area contributed by atoms with Crippen molar-refractivity contribution in [1.29, 1.82) is 0 Å². The van der Waals surface area contributed by atoms with Crippen molar-refractivity contribution in [2.45, 2.75) is 30.8 Å². The van der Waals surface area contributed by atoms with E-state index in [1.807, 2.05) is 0 Å². The Hall–Kier alpha value is -1.11. The molecule has 18 heavy (non-hydrogen) atoms. The standard InChI is InChI=1S/C11H18N2O4.ClH/c1-2-3-8(9(14)15)13-10(16)11(12)4-6-17-7-5-11;/h2,8H,1,3-7,12H2,(H,13,16)(H,14,15);1H. The first kappa shape index (κ1) is 16.9. The minimum atomic E-state index is -1.09. The summed E-state index contributed by atoms with van der Waals surface area (Å²) in [6.45, 7) is 4.29. The fourth-order valence-corrected chi connectivity index (χ4v) is 1.65. The maximum absolute atomic E-state index is 11.9. The minimum Gasteiger partial charge on any atom is -0.480 e. The Morgan fingerprint density at radius 1 is 1.50 bits per heavy atom. The Kier molecular flexibility index (Phi) is 6.90. The first-order valence-electron chi connectivity index (χ1n) is 5.51. The maximum atomic E-state index is 11.9. The lowest BCUT2D eigenvalue weighted by Gasteiger charge is -2.32. The number of aliphatic carboxylic acids is 1. The number of rotatable bonds is 5. The molecule has 0 aliphatic carbocycles. The minimum absolute atomic E-state index is 0. The summed E-state index contributed by atoms with van der Waals surface area (Å²) >= 11 is 0. The monoisotopic (exact) mass is 278 g/mol.